The van der Waals surface area contributed by atoms with Crippen molar-refractivity contribution in [3.63, 3.8) is 0 Å². The van der Waals surface area contributed by atoms with Crippen molar-refractivity contribution in [2.24, 2.45) is 0 Å². The van der Waals surface area contributed by atoms with Gasteiger partial charge in [-0.15, -0.1) is 23.5 Å². The largest absolute Gasteiger partial charge is 0.192 e. The van der Waals surface area contributed by atoms with Crippen LogP contribution < -0.4 is 0 Å². The van der Waals surface area contributed by atoms with Gasteiger partial charge in [0, 0.05) is 0 Å². The smallest absolute Gasteiger partial charge is 0.101 e. The van der Waals surface area contributed by atoms with Gasteiger partial charge >= 0.3 is 0 Å². The van der Waals surface area contributed by atoms with Crippen molar-refractivity contribution in [3.8, 4) is 12.1 Å². The van der Waals surface area contributed by atoms with E-state index < -0.39 is 0 Å². The molecule has 0 saturated heterocycles. The van der Waals surface area contributed by atoms with E-state index in [-0.39, 0.29) is 10.00 Å². The summed E-state index contributed by atoms with van der Waals surface area (Å²) in [6.07, 6.45) is 0. The summed E-state index contributed by atoms with van der Waals surface area (Å²) in [4.78, 5) is 2.53. The molecule has 2 nitrogen and oxygen atoms in total. The molecule has 0 fully saturated rings. The van der Waals surface area contributed by atoms with E-state index in [4.69, 9.17) is 0 Å². The van der Waals surface area contributed by atoms with Crippen LogP contribution in [0.5, 0.6) is 0 Å². The third-order valence-corrected chi connectivity index (χ3v) is 7.97. The highest BCUT2D eigenvalue weighted by molar-refractivity contribution is 8.08. The van der Waals surface area contributed by atoms with Gasteiger partial charge in [0.2, 0.25) is 0 Å². The van der Waals surface area contributed by atoms with Crippen molar-refractivity contribution < 1.29 is 0 Å². The SMILES string of the molecule is CC1=C(C)C2=C(C#N)C(C#N)=C3C(C)=C(C)SC3(C)C2S1. The van der Waals surface area contributed by atoms with Gasteiger partial charge in [0.25, 0.3) is 0 Å². The summed E-state index contributed by atoms with van der Waals surface area (Å²) in [6.45, 7) is 10.6. The topological polar surface area (TPSA) is 47.6 Å². The summed E-state index contributed by atoms with van der Waals surface area (Å²) >= 11 is 3.70. The Morgan fingerprint density at radius 3 is 2.14 bits per heavy atom. The van der Waals surface area contributed by atoms with Crippen LogP contribution in [0.2, 0.25) is 0 Å². The van der Waals surface area contributed by atoms with Crippen LogP contribution in [0.3, 0.4) is 0 Å². The van der Waals surface area contributed by atoms with Crippen molar-refractivity contribution in [2.75, 3.05) is 0 Å². The molecule has 0 saturated carbocycles. The third kappa shape index (κ3) is 1.67. The van der Waals surface area contributed by atoms with E-state index in [1.54, 1.807) is 0 Å². The van der Waals surface area contributed by atoms with Crippen LogP contribution in [0.4, 0.5) is 0 Å². The second-order valence-electron chi connectivity index (χ2n) is 5.83. The molecule has 0 radical (unpaired) electrons. The number of nitrogens with zero attached hydrogens (tertiary/aromatic N) is 2. The zero-order valence-electron chi connectivity index (χ0n) is 12.8. The van der Waals surface area contributed by atoms with Crippen molar-refractivity contribution in [2.45, 2.75) is 44.6 Å². The number of hydrogen-bond donors (Lipinski definition) is 0. The summed E-state index contributed by atoms with van der Waals surface area (Å²) in [5.74, 6) is 0. The van der Waals surface area contributed by atoms with Gasteiger partial charge in [0.05, 0.1) is 21.1 Å². The van der Waals surface area contributed by atoms with Gasteiger partial charge in [0.15, 0.2) is 0 Å². The lowest BCUT2D eigenvalue weighted by Crippen LogP contribution is -2.38. The maximum Gasteiger partial charge on any atom is 0.101 e. The molecule has 2 aliphatic heterocycles. The standard InChI is InChI=1S/C17H16N2S2/c1-8-10(3)20-16-14(8)12(6-18)13(7-19)15-9(2)11(4)21-17(15,16)5/h16H,1-5H3. The highest BCUT2D eigenvalue weighted by Gasteiger charge is 2.53. The number of hydrogen-bond acceptors (Lipinski definition) is 4. The van der Waals surface area contributed by atoms with Crippen molar-refractivity contribution in [1.29, 1.82) is 10.5 Å². The molecule has 106 valence electrons. The molecule has 1 aliphatic carbocycles. The van der Waals surface area contributed by atoms with E-state index >= 15 is 0 Å². The quantitative estimate of drug-likeness (QED) is 0.641. The van der Waals surface area contributed by atoms with Crippen LogP contribution >= 0.6 is 23.5 Å². The Labute approximate surface area is 134 Å². The minimum Gasteiger partial charge on any atom is -0.192 e. The Balaban J connectivity index is 2.40. The molecule has 0 bridgehead atoms. The van der Waals surface area contributed by atoms with E-state index in [0.717, 1.165) is 11.1 Å². The minimum atomic E-state index is -0.140. The van der Waals surface area contributed by atoms with Crippen LogP contribution in [-0.4, -0.2) is 10.00 Å². The summed E-state index contributed by atoms with van der Waals surface area (Å²) < 4.78 is -0.140. The van der Waals surface area contributed by atoms with E-state index in [2.05, 4.69) is 46.8 Å². The molecule has 2 unspecified atom stereocenters. The molecule has 0 spiro atoms. The molecule has 0 aromatic heterocycles. The molecule has 3 rings (SSSR count). The normalized spacial score (nSPS) is 31.5. The molecule has 2 heterocycles. The molecular formula is C17H16N2S2. The van der Waals surface area contributed by atoms with Crippen LogP contribution in [0.25, 0.3) is 0 Å². The van der Waals surface area contributed by atoms with Crippen LogP contribution in [-0.2, 0) is 0 Å². The first-order valence-electron chi connectivity index (χ1n) is 6.87. The van der Waals surface area contributed by atoms with E-state index in [9.17, 15) is 10.5 Å². The lowest BCUT2D eigenvalue weighted by atomic mass is 9.75. The van der Waals surface area contributed by atoms with E-state index in [1.807, 2.05) is 23.5 Å². The molecule has 0 amide bonds. The maximum absolute atomic E-state index is 9.68. The maximum atomic E-state index is 9.68. The summed E-state index contributed by atoms with van der Waals surface area (Å²) in [5.41, 5.74) is 5.69. The molecular weight excluding hydrogens is 296 g/mol. The molecule has 4 heteroatoms. The molecule has 0 N–H and O–H groups in total. The molecule has 0 aromatic carbocycles. The first kappa shape index (κ1) is 14.6. The Morgan fingerprint density at radius 2 is 1.57 bits per heavy atom. The second kappa shape index (κ2) is 4.57. The Morgan fingerprint density at radius 1 is 0.952 bits per heavy atom. The third-order valence-electron chi connectivity index (χ3n) is 4.75. The Hall–Kier alpha value is -1.36. The van der Waals surface area contributed by atoms with Crippen LogP contribution in [0, 0.1) is 22.7 Å². The van der Waals surface area contributed by atoms with Crippen LogP contribution in [0.15, 0.2) is 43.2 Å². The van der Waals surface area contributed by atoms with Gasteiger partial charge in [-0.2, -0.15) is 10.5 Å². The lowest BCUT2D eigenvalue weighted by molar-refractivity contribution is 0.750. The summed E-state index contributed by atoms with van der Waals surface area (Å²) in [6, 6.07) is 4.63. The average Bonchev–Trinajstić information content (AvgIpc) is 2.86. The van der Waals surface area contributed by atoms with Crippen molar-refractivity contribution in [3.05, 3.63) is 43.2 Å². The number of fused-ring (bicyclic) bond motifs is 3. The molecule has 3 aliphatic rings. The Kier molecular flexibility index (Phi) is 3.17. The zero-order chi connectivity index (χ0) is 15.5. The highest BCUT2D eigenvalue weighted by atomic mass is 32.2. The van der Waals surface area contributed by atoms with Crippen molar-refractivity contribution >= 4 is 23.5 Å². The lowest BCUT2D eigenvalue weighted by Gasteiger charge is -2.38. The minimum absolute atomic E-state index is 0.140. The van der Waals surface area contributed by atoms with Gasteiger partial charge in [-0.25, -0.2) is 0 Å². The number of thioether (sulfide) groups is 2. The van der Waals surface area contributed by atoms with Gasteiger partial charge in [0.1, 0.15) is 12.1 Å². The van der Waals surface area contributed by atoms with Gasteiger partial charge < -0.3 is 0 Å². The van der Waals surface area contributed by atoms with Crippen LogP contribution in [0.1, 0.15) is 34.6 Å². The fourth-order valence-electron chi connectivity index (χ4n) is 3.52. The molecule has 0 aromatic rings. The number of rotatable bonds is 0. The van der Waals surface area contributed by atoms with Gasteiger partial charge in [-0.05, 0) is 66.7 Å². The monoisotopic (exact) mass is 312 g/mol. The van der Waals surface area contributed by atoms with E-state index in [1.165, 1.54) is 21.0 Å². The van der Waals surface area contributed by atoms with E-state index in [0.29, 0.717) is 11.1 Å². The summed E-state index contributed by atoms with van der Waals surface area (Å²) in [7, 11) is 0. The fourth-order valence-corrected chi connectivity index (χ4v) is 6.68. The highest BCUT2D eigenvalue weighted by Crippen LogP contribution is 2.63. The number of nitriles is 2. The molecule has 2 atom stereocenters. The summed E-state index contributed by atoms with van der Waals surface area (Å²) in [5, 5.41) is 19.6. The number of allylic oxidation sites excluding steroid dienone is 6. The van der Waals surface area contributed by atoms with Crippen molar-refractivity contribution in [1.82, 2.24) is 0 Å². The van der Waals surface area contributed by atoms with Gasteiger partial charge in [-0.1, -0.05) is 0 Å². The first-order chi connectivity index (χ1) is 9.86. The predicted molar refractivity (Wildman–Crippen MR) is 89.4 cm³/mol. The zero-order valence-corrected chi connectivity index (χ0v) is 14.4. The predicted octanol–water partition coefficient (Wildman–Crippen LogP) is 4.85. The molecule has 21 heavy (non-hydrogen) atoms. The van der Waals surface area contributed by atoms with Gasteiger partial charge in [-0.3, -0.25) is 0 Å². The first-order valence-corrected chi connectivity index (χ1v) is 8.57. The Bertz CT molecular complexity index is 781. The fraction of sp³-hybridized carbons (Fsp3) is 0.412. The second-order valence-corrected chi connectivity index (χ2v) is 8.82. The average molecular weight is 312 g/mol.